The van der Waals surface area contributed by atoms with Gasteiger partial charge in [-0.25, -0.2) is 0 Å². The van der Waals surface area contributed by atoms with Crippen LogP contribution in [0.2, 0.25) is 0 Å². The number of hydrogen-bond acceptors (Lipinski definition) is 3. The van der Waals surface area contributed by atoms with E-state index in [4.69, 9.17) is 5.73 Å². The second kappa shape index (κ2) is 7.42. The molecule has 0 saturated carbocycles. The molecule has 0 aliphatic carbocycles. The van der Waals surface area contributed by atoms with E-state index in [0.29, 0.717) is 6.42 Å². The molecule has 1 heterocycles. The van der Waals surface area contributed by atoms with Crippen molar-refractivity contribution in [2.24, 2.45) is 5.73 Å². The number of nitriles is 1. The Bertz CT molecular complexity index is 429. The normalized spacial score (nSPS) is 20.4. The third kappa shape index (κ3) is 4.06. The van der Waals surface area contributed by atoms with Crippen LogP contribution in [0, 0.1) is 11.3 Å². The fourth-order valence-corrected chi connectivity index (χ4v) is 2.87. The molecule has 0 bridgehead atoms. The van der Waals surface area contributed by atoms with Crippen LogP contribution in [0.15, 0.2) is 30.3 Å². The summed E-state index contributed by atoms with van der Waals surface area (Å²) in [5.41, 5.74) is 6.39. The molecule has 1 saturated heterocycles. The summed E-state index contributed by atoms with van der Waals surface area (Å²) in [7, 11) is 0. The highest BCUT2D eigenvalue weighted by atomic mass is 15.1. The number of hydrogen-bond donors (Lipinski definition) is 1. The summed E-state index contributed by atoms with van der Waals surface area (Å²) in [4.78, 5) is 2.47. The van der Waals surface area contributed by atoms with E-state index in [0.717, 1.165) is 25.2 Å². The molecule has 0 radical (unpaired) electrons. The molecule has 0 amide bonds. The molecule has 2 N–H and O–H groups in total. The third-order valence-electron chi connectivity index (χ3n) is 4.26. The van der Waals surface area contributed by atoms with Crippen LogP contribution in [0.3, 0.4) is 0 Å². The maximum atomic E-state index is 9.48. The molecule has 20 heavy (non-hydrogen) atoms. The lowest BCUT2D eigenvalue weighted by atomic mass is 9.89. The van der Waals surface area contributed by atoms with Crippen LogP contribution in [0.4, 0.5) is 0 Å². The SMILES string of the molecule is N#CC(N)(CCN1CCCCCCC1)c1ccccc1. The van der Waals surface area contributed by atoms with Crippen molar-refractivity contribution in [3.05, 3.63) is 35.9 Å². The van der Waals surface area contributed by atoms with Crippen molar-refractivity contribution in [2.75, 3.05) is 19.6 Å². The Kier molecular flexibility index (Phi) is 5.58. The summed E-state index contributed by atoms with van der Waals surface area (Å²) in [6.07, 6.45) is 7.29. The van der Waals surface area contributed by atoms with Crippen LogP contribution in [-0.4, -0.2) is 24.5 Å². The number of likely N-dealkylation sites (tertiary alicyclic amines) is 1. The van der Waals surface area contributed by atoms with E-state index in [2.05, 4.69) is 11.0 Å². The van der Waals surface area contributed by atoms with E-state index >= 15 is 0 Å². The van der Waals surface area contributed by atoms with Crippen molar-refractivity contribution in [1.82, 2.24) is 4.90 Å². The van der Waals surface area contributed by atoms with Gasteiger partial charge < -0.3 is 10.6 Å². The highest BCUT2D eigenvalue weighted by Crippen LogP contribution is 2.22. The van der Waals surface area contributed by atoms with E-state index < -0.39 is 5.54 Å². The van der Waals surface area contributed by atoms with Gasteiger partial charge in [0.1, 0.15) is 5.54 Å². The van der Waals surface area contributed by atoms with Gasteiger partial charge in [0.2, 0.25) is 0 Å². The second-order valence-electron chi connectivity index (χ2n) is 5.81. The first-order valence-corrected chi connectivity index (χ1v) is 7.73. The van der Waals surface area contributed by atoms with Crippen molar-refractivity contribution in [3.8, 4) is 6.07 Å². The third-order valence-corrected chi connectivity index (χ3v) is 4.26. The van der Waals surface area contributed by atoms with Crippen molar-refractivity contribution < 1.29 is 0 Å². The first-order valence-electron chi connectivity index (χ1n) is 7.73. The minimum Gasteiger partial charge on any atom is -0.310 e. The fraction of sp³-hybridized carbons (Fsp3) is 0.588. The van der Waals surface area contributed by atoms with Gasteiger partial charge in [-0.15, -0.1) is 0 Å². The lowest BCUT2D eigenvalue weighted by Crippen LogP contribution is -2.40. The van der Waals surface area contributed by atoms with Crippen molar-refractivity contribution in [1.29, 1.82) is 5.26 Å². The van der Waals surface area contributed by atoms with E-state index in [9.17, 15) is 5.26 Å². The smallest absolute Gasteiger partial charge is 0.131 e. The standard InChI is InChI=1S/C17H25N3/c18-15-17(19,16-9-5-4-6-10-16)11-14-20-12-7-2-1-3-8-13-20/h4-6,9-10H,1-3,7-8,11-14,19H2. The minimum absolute atomic E-state index is 0.702. The summed E-state index contributed by atoms with van der Waals surface area (Å²) in [5, 5.41) is 9.48. The molecule has 2 rings (SSSR count). The summed E-state index contributed by atoms with van der Waals surface area (Å²) in [6, 6.07) is 12.1. The quantitative estimate of drug-likeness (QED) is 0.916. The number of benzene rings is 1. The zero-order valence-electron chi connectivity index (χ0n) is 12.2. The molecule has 1 aromatic rings. The van der Waals surface area contributed by atoms with Crippen LogP contribution >= 0.6 is 0 Å². The van der Waals surface area contributed by atoms with Gasteiger partial charge in [0, 0.05) is 6.54 Å². The Labute approximate surface area is 122 Å². The predicted molar refractivity (Wildman–Crippen MR) is 82.1 cm³/mol. The molecule has 3 nitrogen and oxygen atoms in total. The maximum absolute atomic E-state index is 9.48. The summed E-state index contributed by atoms with van der Waals surface area (Å²) in [5.74, 6) is 0. The van der Waals surface area contributed by atoms with E-state index in [1.54, 1.807) is 0 Å². The van der Waals surface area contributed by atoms with E-state index in [1.165, 1.54) is 32.1 Å². The van der Waals surface area contributed by atoms with E-state index in [1.807, 2.05) is 30.3 Å². The molecule has 1 aliphatic heterocycles. The zero-order chi connectivity index (χ0) is 14.3. The molecular weight excluding hydrogens is 246 g/mol. The molecule has 3 heteroatoms. The molecule has 108 valence electrons. The van der Waals surface area contributed by atoms with Gasteiger partial charge in [0.05, 0.1) is 6.07 Å². The average molecular weight is 271 g/mol. The lowest BCUT2D eigenvalue weighted by molar-refractivity contribution is 0.231. The molecule has 0 spiro atoms. The van der Waals surface area contributed by atoms with Gasteiger partial charge in [0.25, 0.3) is 0 Å². The van der Waals surface area contributed by atoms with Crippen molar-refractivity contribution in [3.63, 3.8) is 0 Å². The van der Waals surface area contributed by atoms with Gasteiger partial charge in [0.15, 0.2) is 0 Å². The van der Waals surface area contributed by atoms with Gasteiger partial charge in [-0.05, 0) is 37.9 Å². The van der Waals surface area contributed by atoms with Crippen molar-refractivity contribution in [2.45, 2.75) is 44.1 Å². The number of rotatable bonds is 4. The summed E-state index contributed by atoms with van der Waals surface area (Å²) >= 11 is 0. The molecule has 1 unspecified atom stereocenters. The summed E-state index contributed by atoms with van der Waals surface area (Å²) in [6.45, 7) is 3.21. The monoisotopic (exact) mass is 271 g/mol. The predicted octanol–water partition coefficient (Wildman–Crippen LogP) is 3.02. The average Bonchev–Trinajstić information content (AvgIpc) is 2.47. The maximum Gasteiger partial charge on any atom is 0.131 e. The van der Waals surface area contributed by atoms with Gasteiger partial charge in [-0.2, -0.15) is 5.26 Å². The van der Waals surface area contributed by atoms with Crippen LogP contribution in [-0.2, 0) is 5.54 Å². The van der Waals surface area contributed by atoms with Crippen LogP contribution in [0.1, 0.15) is 44.1 Å². The Morgan fingerprint density at radius 3 is 2.25 bits per heavy atom. The number of nitrogens with zero attached hydrogens (tertiary/aromatic N) is 2. The highest BCUT2D eigenvalue weighted by Gasteiger charge is 2.27. The fourth-order valence-electron chi connectivity index (χ4n) is 2.87. The Hall–Kier alpha value is -1.37. The van der Waals surface area contributed by atoms with Crippen LogP contribution in [0.5, 0.6) is 0 Å². The van der Waals surface area contributed by atoms with E-state index in [-0.39, 0.29) is 0 Å². The molecule has 1 aromatic carbocycles. The molecule has 0 aromatic heterocycles. The molecule has 1 aliphatic rings. The Morgan fingerprint density at radius 2 is 1.65 bits per heavy atom. The first kappa shape index (κ1) is 15.0. The zero-order valence-corrected chi connectivity index (χ0v) is 12.2. The Morgan fingerprint density at radius 1 is 1.05 bits per heavy atom. The lowest BCUT2D eigenvalue weighted by Gasteiger charge is -2.29. The topological polar surface area (TPSA) is 53.1 Å². The largest absolute Gasteiger partial charge is 0.310 e. The van der Waals surface area contributed by atoms with Gasteiger partial charge in [-0.1, -0.05) is 49.6 Å². The van der Waals surface area contributed by atoms with Gasteiger partial charge >= 0.3 is 0 Å². The minimum atomic E-state index is -0.858. The van der Waals surface area contributed by atoms with Crippen LogP contribution in [0.25, 0.3) is 0 Å². The summed E-state index contributed by atoms with van der Waals surface area (Å²) < 4.78 is 0. The molecule has 1 atom stereocenters. The highest BCUT2D eigenvalue weighted by molar-refractivity contribution is 5.30. The molecular formula is C17H25N3. The van der Waals surface area contributed by atoms with Gasteiger partial charge in [-0.3, -0.25) is 0 Å². The first-order chi connectivity index (χ1) is 9.74. The Balaban J connectivity index is 1.94. The van der Waals surface area contributed by atoms with Crippen molar-refractivity contribution >= 4 is 0 Å². The number of nitrogens with two attached hydrogens (primary N) is 1. The molecule has 1 fully saturated rings. The second-order valence-corrected chi connectivity index (χ2v) is 5.81. The van der Waals surface area contributed by atoms with Crippen LogP contribution < -0.4 is 5.73 Å².